The number of benzene rings is 1. The molecule has 6 nitrogen and oxygen atoms in total. The van der Waals surface area contributed by atoms with Crippen molar-refractivity contribution in [2.75, 3.05) is 13.2 Å². The van der Waals surface area contributed by atoms with Crippen molar-refractivity contribution in [3.63, 3.8) is 0 Å². The van der Waals surface area contributed by atoms with E-state index < -0.39 is 12.0 Å². The summed E-state index contributed by atoms with van der Waals surface area (Å²) >= 11 is 0. The first-order valence-electron chi connectivity index (χ1n) is 8.16. The fourth-order valence-electron chi connectivity index (χ4n) is 2.63. The van der Waals surface area contributed by atoms with E-state index >= 15 is 0 Å². The molecule has 2 rings (SSSR count). The van der Waals surface area contributed by atoms with Crippen LogP contribution < -0.4 is 16.4 Å². The first-order chi connectivity index (χ1) is 11.1. The summed E-state index contributed by atoms with van der Waals surface area (Å²) in [5, 5.41) is 5.56. The number of ether oxygens (including phenoxy) is 1. The normalized spacial score (nSPS) is 17.2. The van der Waals surface area contributed by atoms with E-state index in [4.69, 9.17) is 10.5 Å². The summed E-state index contributed by atoms with van der Waals surface area (Å²) in [5.41, 5.74) is 8.15. The van der Waals surface area contributed by atoms with Crippen LogP contribution in [0.4, 0.5) is 4.79 Å². The Hall–Kier alpha value is -2.08. The Balaban J connectivity index is 1.72. The van der Waals surface area contributed by atoms with Crippen LogP contribution in [0.1, 0.15) is 43.4 Å². The van der Waals surface area contributed by atoms with E-state index in [2.05, 4.69) is 16.7 Å². The number of amides is 2. The smallest absolute Gasteiger partial charge is 0.324 e. The summed E-state index contributed by atoms with van der Waals surface area (Å²) < 4.78 is 5.02. The molecule has 0 bridgehead atoms. The van der Waals surface area contributed by atoms with E-state index in [1.54, 1.807) is 0 Å². The molecule has 1 aromatic rings. The van der Waals surface area contributed by atoms with Crippen LogP contribution in [0.5, 0.6) is 0 Å². The Morgan fingerprint density at radius 2 is 2.17 bits per heavy atom. The minimum atomic E-state index is -0.839. The molecule has 1 aliphatic carbocycles. The summed E-state index contributed by atoms with van der Waals surface area (Å²) in [5.74, 6) is -0.482. The van der Waals surface area contributed by atoms with Gasteiger partial charge in [-0.2, -0.15) is 0 Å². The zero-order chi connectivity index (χ0) is 16.7. The van der Waals surface area contributed by atoms with Crippen molar-refractivity contribution in [3.8, 4) is 0 Å². The van der Waals surface area contributed by atoms with Gasteiger partial charge in [-0.1, -0.05) is 37.6 Å². The average Bonchev–Trinajstić information content (AvgIpc) is 2.96. The standard InChI is InChI=1S/C17H25N3O3/c1-2-3-10-23-16(21)14(18)11-19-17(22)20-15-9-8-12-6-4-5-7-13(12)15/h4-7,14-15H,2-3,8-11,18H2,1H3,(H2,19,20,22)/t14-,15+/m0/s1. The van der Waals surface area contributed by atoms with Gasteiger partial charge in [0.2, 0.25) is 0 Å². The van der Waals surface area contributed by atoms with Gasteiger partial charge in [-0.3, -0.25) is 4.79 Å². The number of hydrogen-bond donors (Lipinski definition) is 3. The van der Waals surface area contributed by atoms with Gasteiger partial charge in [0.15, 0.2) is 0 Å². The largest absolute Gasteiger partial charge is 0.464 e. The maximum absolute atomic E-state index is 12.0. The number of nitrogens with one attached hydrogen (secondary N) is 2. The molecule has 1 aromatic carbocycles. The van der Waals surface area contributed by atoms with Gasteiger partial charge < -0.3 is 21.1 Å². The van der Waals surface area contributed by atoms with Crippen molar-refractivity contribution >= 4 is 12.0 Å². The molecule has 0 saturated carbocycles. The number of unbranched alkanes of at least 4 members (excludes halogenated alkanes) is 1. The van der Waals surface area contributed by atoms with Gasteiger partial charge in [-0.05, 0) is 30.4 Å². The van der Waals surface area contributed by atoms with Crippen LogP contribution in [0.15, 0.2) is 24.3 Å². The highest BCUT2D eigenvalue weighted by Crippen LogP contribution is 2.30. The number of hydrogen-bond acceptors (Lipinski definition) is 4. The van der Waals surface area contributed by atoms with Crippen molar-refractivity contribution in [1.29, 1.82) is 0 Å². The topological polar surface area (TPSA) is 93.4 Å². The third kappa shape index (κ3) is 4.96. The van der Waals surface area contributed by atoms with E-state index in [1.807, 2.05) is 25.1 Å². The molecule has 0 radical (unpaired) electrons. The van der Waals surface area contributed by atoms with E-state index in [9.17, 15) is 9.59 Å². The molecule has 2 amide bonds. The number of urea groups is 1. The summed E-state index contributed by atoms with van der Waals surface area (Å²) in [6.45, 7) is 2.44. The molecule has 0 unspecified atom stereocenters. The second-order valence-corrected chi connectivity index (χ2v) is 5.77. The lowest BCUT2D eigenvalue weighted by Crippen LogP contribution is -2.47. The summed E-state index contributed by atoms with van der Waals surface area (Å²) in [4.78, 5) is 23.6. The number of aryl methyl sites for hydroxylation is 1. The maximum Gasteiger partial charge on any atom is 0.324 e. The van der Waals surface area contributed by atoms with Crippen LogP contribution in [0.25, 0.3) is 0 Å². The number of fused-ring (bicyclic) bond motifs is 1. The van der Waals surface area contributed by atoms with Gasteiger partial charge >= 0.3 is 12.0 Å². The molecule has 4 N–H and O–H groups in total. The minimum Gasteiger partial charge on any atom is -0.464 e. The first-order valence-corrected chi connectivity index (χ1v) is 8.16. The van der Waals surface area contributed by atoms with Crippen LogP contribution in [0.2, 0.25) is 0 Å². The Morgan fingerprint density at radius 3 is 2.96 bits per heavy atom. The Morgan fingerprint density at radius 1 is 1.39 bits per heavy atom. The van der Waals surface area contributed by atoms with E-state index in [1.165, 1.54) is 5.56 Å². The van der Waals surface area contributed by atoms with E-state index in [-0.39, 0.29) is 18.6 Å². The van der Waals surface area contributed by atoms with Crippen LogP contribution in [-0.2, 0) is 16.0 Å². The van der Waals surface area contributed by atoms with Gasteiger partial charge in [0.25, 0.3) is 0 Å². The monoisotopic (exact) mass is 319 g/mol. The minimum absolute atomic E-state index is 0.0129. The lowest BCUT2D eigenvalue weighted by molar-refractivity contribution is -0.145. The second kappa shape index (κ2) is 8.53. The highest BCUT2D eigenvalue weighted by molar-refractivity contribution is 5.78. The van der Waals surface area contributed by atoms with Gasteiger partial charge in [0.05, 0.1) is 12.6 Å². The molecule has 0 fully saturated rings. The molecular formula is C17H25N3O3. The molecular weight excluding hydrogens is 294 g/mol. The number of carbonyl (C=O) groups excluding carboxylic acids is 2. The van der Waals surface area contributed by atoms with Gasteiger partial charge in [0, 0.05) is 6.54 Å². The van der Waals surface area contributed by atoms with E-state index in [0.717, 1.165) is 31.2 Å². The second-order valence-electron chi connectivity index (χ2n) is 5.77. The third-order valence-electron chi connectivity index (χ3n) is 3.97. The molecule has 0 aromatic heterocycles. The van der Waals surface area contributed by atoms with E-state index in [0.29, 0.717) is 6.61 Å². The lowest BCUT2D eigenvalue weighted by Gasteiger charge is -2.16. The molecule has 23 heavy (non-hydrogen) atoms. The molecule has 126 valence electrons. The summed E-state index contributed by atoms with van der Waals surface area (Å²) in [7, 11) is 0. The first kappa shape index (κ1) is 17.3. The van der Waals surface area contributed by atoms with Crippen molar-refractivity contribution in [3.05, 3.63) is 35.4 Å². The van der Waals surface area contributed by atoms with Crippen LogP contribution in [0.3, 0.4) is 0 Å². The summed E-state index contributed by atoms with van der Waals surface area (Å²) in [6.07, 6.45) is 3.61. The highest BCUT2D eigenvalue weighted by atomic mass is 16.5. The summed E-state index contributed by atoms with van der Waals surface area (Å²) in [6, 6.07) is 6.95. The number of nitrogens with two attached hydrogens (primary N) is 1. The van der Waals surface area contributed by atoms with Crippen LogP contribution in [-0.4, -0.2) is 31.2 Å². The molecule has 0 saturated heterocycles. The molecule has 0 aliphatic heterocycles. The van der Waals surface area contributed by atoms with Crippen molar-refractivity contribution in [2.45, 2.75) is 44.7 Å². The Labute approximate surface area is 136 Å². The molecule has 0 spiro atoms. The van der Waals surface area contributed by atoms with Crippen molar-refractivity contribution < 1.29 is 14.3 Å². The zero-order valence-corrected chi connectivity index (χ0v) is 13.5. The van der Waals surface area contributed by atoms with Crippen LogP contribution in [0, 0.1) is 0 Å². The quantitative estimate of drug-likeness (QED) is 0.526. The maximum atomic E-state index is 12.0. The molecule has 6 heteroatoms. The predicted molar refractivity (Wildman–Crippen MR) is 87.9 cm³/mol. The Bertz CT molecular complexity index is 548. The Kier molecular flexibility index (Phi) is 6.40. The van der Waals surface area contributed by atoms with Crippen molar-refractivity contribution in [2.24, 2.45) is 5.73 Å². The van der Waals surface area contributed by atoms with Crippen molar-refractivity contribution in [1.82, 2.24) is 10.6 Å². The molecule has 2 atom stereocenters. The van der Waals surface area contributed by atoms with Gasteiger partial charge in [-0.25, -0.2) is 4.79 Å². The fraction of sp³-hybridized carbons (Fsp3) is 0.529. The lowest BCUT2D eigenvalue weighted by atomic mass is 10.1. The molecule has 0 heterocycles. The predicted octanol–water partition coefficient (Wildman–Crippen LogP) is 1.64. The third-order valence-corrected chi connectivity index (χ3v) is 3.97. The number of esters is 1. The number of rotatable bonds is 7. The zero-order valence-electron chi connectivity index (χ0n) is 13.5. The fourth-order valence-corrected chi connectivity index (χ4v) is 2.63. The average molecular weight is 319 g/mol. The number of carbonyl (C=O) groups is 2. The van der Waals surface area contributed by atoms with Crippen LogP contribution >= 0.6 is 0 Å². The van der Waals surface area contributed by atoms with Gasteiger partial charge in [0.1, 0.15) is 6.04 Å². The van der Waals surface area contributed by atoms with Gasteiger partial charge in [-0.15, -0.1) is 0 Å². The highest BCUT2D eigenvalue weighted by Gasteiger charge is 2.24. The SMILES string of the molecule is CCCCOC(=O)[C@@H](N)CNC(=O)N[C@@H]1CCc2ccccc21. The molecule has 1 aliphatic rings.